The lowest BCUT2D eigenvalue weighted by atomic mass is 10.0. The van der Waals surface area contributed by atoms with E-state index in [0.29, 0.717) is 36.7 Å². The summed E-state index contributed by atoms with van der Waals surface area (Å²) in [5.41, 5.74) is 0.758. The van der Waals surface area contributed by atoms with Crippen LogP contribution in [0, 0.1) is 18.7 Å². The molecule has 0 unspecified atom stereocenters. The van der Waals surface area contributed by atoms with Gasteiger partial charge >= 0.3 is 0 Å². The lowest BCUT2D eigenvalue weighted by Gasteiger charge is -2.29. The number of nitrogens with zero attached hydrogens (tertiary/aromatic N) is 1. The van der Waals surface area contributed by atoms with Gasteiger partial charge in [-0.25, -0.2) is 12.8 Å². The summed E-state index contributed by atoms with van der Waals surface area (Å²) in [6.45, 7) is 5.14. The Labute approximate surface area is 126 Å². The van der Waals surface area contributed by atoms with Gasteiger partial charge in [0.2, 0.25) is 10.0 Å². The molecule has 1 fully saturated rings. The lowest BCUT2D eigenvalue weighted by molar-refractivity contribution is 0.288. The molecule has 0 atom stereocenters. The Morgan fingerprint density at radius 3 is 2.52 bits per heavy atom. The van der Waals surface area contributed by atoms with Crippen molar-refractivity contribution in [3.63, 3.8) is 0 Å². The molecule has 0 bridgehead atoms. The zero-order valence-corrected chi connectivity index (χ0v) is 13.6. The van der Waals surface area contributed by atoms with Gasteiger partial charge in [-0.15, -0.1) is 0 Å². The highest BCUT2D eigenvalue weighted by molar-refractivity contribution is 7.89. The SMILES string of the molecule is CNCc1cc(S(=O)(=O)N2CCC(C)CC2)cc(C)c1F. The molecule has 21 heavy (non-hydrogen) atoms. The monoisotopic (exact) mass is 314 g/mol. The van der Waals surface area contributed by atoms with Crippen LogP contribution in [0.1, 0.15) is 30.9 Å². The van der Waals surface area contributed by atoms with Crippen molar-refractivity contribution in [3.05, 3.63) is 29.1 Å². The molecule has 0 radical (unpaired) electrons. The van der Waals surface area contributed by atoms with E-state index in [9.17, 15) is 12.8 Å². The van der Waals surface area contributed by atoms with Crippen LogP contribution < -0.4 is 5.32 Å². The fourth-order valence-corrected chi connectivity index (χ4v) is 4.26. The Morgan fingerprint density at radius 2 is 1.95 bits per heavy atom. The molecule has 0 aromatic heterocycles. The smallest absolute Gasteiger partial charge is 0.243 e. The van der Waals surface area contributed by atoms with E-state index in [1.165, 1.54) is 16.4 Å². The number of benzene rings is 1. The van der Waals surface area contributed by atoms with Crippen molar-refractivity contribution in [1.29, 1.82) is 0 Å². The zero-order valence-electron chi connectivity index (χ0n) is 12.8. The average Bonchev–Trinajstić information content (AvgIpc) is 2.44. The molecule has 0 spiro atoms. The average molecular weight is 314 g/mol. The van der Waals surface area contributed by atoms with E-state index < -0.39 is 10.0 Å². The first-order valence-electron chi connectivity index (χ1n) is 7.30. The Bertz CT molecular complexity index is 608. The molecule has 0 saturated carbocycles. The normalized spacial score (nSPS) is 18.1. The third-order valence-corrected chi connectivity index (χ3v) is 5.93. The Hall–Kier alpha value is -0.980. The second-order valence-electron chi connectivity index (χ2n) is 5.83. The number of aryl methyl sites for hydroxylation is 1. The predicted octanol–water partition coefficient (Wildman–Crippen LogP) is 2.27. The van der Waals surface area contributed by atoms with E-state index >= 15 is 0 Å². The molecule has 1 heterocycles. The van der Waals surface area contributed by atoms with E-state index in [0.717, 1.165) is 12.8 Å². The molecule has 4 nitrogen and oxygen atoms in total. The van der Waals surface area contributed by atoms with Crippen molar-refractivity contribution in [3.8, 4) is 0 Å². The highest BCUT2D eigenvalue weighted by atomic mass is 32.2. The first-order valence-corrected chi connectivity index (χ1v) is 8.74. The minimum absolute atomic E-state index is 0.196. The molecule has 2 rings (SSSR count). The number of piperidine rings is 1. The highest BCUT2D eigenvalue weighted by Crippen LogP contribution is 2.26. The van der Waals surface area contributed by atoms with Gasteiger partial charge in [-0.05, 0) is 50.4 Å². The molecule has 1 aromatic carbocycles. The summed E-state index contributed by atoms with van der Waals surface area (Å²) < 4.78 is 40.9. The molecule has 1 aliphatic rings. The molecule has 0 amide bonds. The zero-order chi connectivity index (χ0) is 15.6. The second-order valence-corrected chi connectivity index (χ2v) is 7.77. The van der Waals surface area contributed by atoms with Crippen LogP contribution in [0.15, 0.2) is 17.0 Å². The van der Waals surface area contributed by atoms with Crippen molar-refractivity contribution in [2.45, 2.75) is 38.1 Å². The summed E-state index contributed by atoms with van der Waals surface area (Å²) in [4.78, 5) is 0.196. The van der Waals surface area contributed by atoms with Crippen LogP contribution in [-0.2, 0) is 16.6 Å². The van der Waals surface area contributed by atoms with Crippen molar-refractivity contribution in [2.24, 2.45) is 5.92 Å². The predicted molar refractivity (Wildman–Crippen MR) is 81.1 cm³/mol. The quantitative estimate of drug-likeness (QED) is 0.927. The van der Waals surface area contributed by atoms with Gasteiger partial charge in [-0.1, -0.05) is 6.92 Å². The van der Waals surface area contributed by atoms with E-state index in [1.54, 1.807) is 14.0 Å². The van der Waals surface area contributed by atoms with E-state index in [1.807, 2.05) is 0 Å². The molecule has 0 aliphatic carbocycles. The van der Waals surface area contributed by atoms with Crippen molar-refractivity contribution >= 4 is 10.0 Å². The minimum Gasteiger partial charge on any atom is -0.316 e. The molecule has 1 saturated heterocycles. The van der Waals surface area contributed by atoms with Crippen molar-refractivity contribution in [2.75, 3.05) is 20.1 Å². The van der Waals surface area contributed by atoms with Crippen LogP contribution in [0.25, 0.3) is 0 Å². The van der Waals surface area contributed by atoms with Gasteiger partial charge < -0.3 is 5.32 Å². The maximum atomic E-state index is 14.0. The van der Waals surface area contributed by atoms with E-state index in [2.05, 4.69) is 12.2 Å². The maximum Gasteiger partial charge on any atom is 0.243 e. The fourth-order valence-electron chi connectivity index (χ4n) is 2.65. The standard InChI is InChI=1S/C15H23FN2O2S/c1-11-4-6-18(7-5-11)21(19,20)14-8-12(2)15(16)13(9-14)10-17-3/h8-9,11,17H,4-7,10H2,1-3H3. The summed E-state index contributed by atoms with van der Waals surface area (Å²) in [5, 5.41) is 2.87. The summed E-state index contributed by atoms with van der Waals surface area (Å²) in [6.07, 6.45) is 1.76. The summed E-state index contributed by atoms with van der Waals surface area (Å²) in [5.74, 6) is 0.224. The van der Waals surface area contributed by atoms with Gasteiger partial charge in [0.15, 0.2) is 0 Å². The Morgan fingerprint density at radius 1 is 1.33 bits per heavy atom. The van der Waals surface area contributed by atoms with Gasteiger partial charge in [0, 0.05) is 25.2 Å². The number of hydrogen-bond acceptors (Lipinski definition) is 3. The first kappa shape index (κ1) is 16.4. The molecule has 1 aliphatic heterocycles. The van der Waals surface area contributed by atoms with E-state index in [4.69, 9.17) is 0 Å². The number of sulfonamides is 1. The first-order chi connectivity index (χ1) is 9.86. The van der Waals surface area contributed by atoms with Crippen molar-refractivity contribution in [1.82, 2.24) is 9.62 Å². The van der Waals surface area contributed by atoms with Gasteiger partial charge in [-0.2, -0.15) is 4.31 Å². The van der Waals surface area contributed by atoms with Crippen LogP contribution in [0.4, 0.5) is 4.39 Å². The molecule has 118 valence electrons. The van der Waals surface area contributed by atoms with Gasteiger partial charge in [0.05, 0.1) is 4.90 Å². The molecule has 1 aromatic rings. The Kier molecular flexibility index (Phi) is 5.01. The topological polar surface area (TPSA) is 49.4 Å². The van der Waals surface area contributed by atoms with Crippen molar-refractivity contribution < 1.29 is 12.8 Å². The molecule has 1 N–H and O–H groups in total. The lowest BCUT2D eigenvalue weighted by Crippen LogP contribution is -2.38. The van der Waals surface area contributed by atoms with Crippen LogP contribution in [0.2, 0.25) is 0 Å². The van der Waals surface area contributed by atoms with Crippen LogP contribution in [0.5, 0.6) is 0 Å². The summed E-state index contributed by atoms with van der Waals surface area (Å²) in [7, 11) is -1.82. The third-order valence-electron chi connectivity index (χ3n) is 4.05. The largest absolute Gasteiger partial charge is 0.316 e. The maximum absolute atomic E-state index is 14.0. The number of hydrogen-bond donors (Lipinski definition) is 1. The Balaban J connectivity index is 2.36. The molecular weight excluding hydrogens is 291 g/mol. The number of nitrogens with one attached hydrogen (secondary N) is 1. The fraction of sp³-hybridized carbons (Fsp3) is 0.600. The van der Waals surface area contributed by atoms with Gasteiger partial charge in [-0.3, -0.25) is 0 Å². The molecular formula is C15H23FN2O2S. The summed E-state index contributed by atoms with van der Waals surface area (Å²) in [6, 6.07) is 2.88. The van der Waals surface area contributed by atoms with E-state index in [-0.39, 0.29) is 10.7 Å². The second kappa shape index (κ2) is 6.42. The van der Waals surface area contributed by atoms with Crippen LogP contribution in [-0.4, -0.2) is 32.9 Å². The van der Waals surface area contributed by atoms with Gasteiger partial charge in [0.25, 0.3) is 0 Å². The minimum atomic E-state index is -3.53. The summed E-state index contributed by atoms with van der Waals surface area (Å²) >= 11 is 0. The van der Waals surface area contributed by atoms with Crippen LogP contribution in [0.3, 0.4) is 0 Å². The number of rotatable bonds is 4. The highest BCUT2D eigenvalue weighted by Gasteiger charge is 2.29. The molecule has 6 heteroatoms. The number of halogens is 1. The van der Waals surface area contributed by atoms with Crippen LogP contribution >= 0.6 is 0 Å². The van der Waals surface area contributed by atoms with Gasteiger partial charge in [0.1, 0.15) is 5.82 Å². The third kappa shape index (κ3) is 3.44.